The van der Waals surface area contributed by atoms with Crippen LogP contribution in [0.1, 0.15) is 22.1 Å². The molecule has 0 aromatic heterocycles. The number of aryl methyl sites for hydroxylation is 1. The fourth-order valence-corrected chi connectivity index (χ4v) is 2.34. The zero-order valence-corrected chi connectivity index (χ0v) is 11.3. The smallest absolute Gasteiger partial charge is 0.131 e. The SMILES string of the molecule is COc1ccc(C)cc1C(Cl)c1c(F)cccc1F. The molecule has 0 spiro atoms. The van der Waals surface area contributed by atoms with Gasteiger partial charge in [0.1, 0.15) is 17.4 Å². The van der Waals surface area contributed by atoms with E-state index < -0.39 is 17.0 Å². The maximum Gasteiger partial charge on any atom is 0.131 e. The van der Waals surface area contributed by atoms with Gasteiger partial charge in [-0.15, -0.1) is 11.6 Å². The van der Waals surface area contributed by atoms with Gasteiger partial charge >= 0.3 is 0 Å². The first-order valence-electron chi connectivity index (χ1n) is 5.77. The Kier molecular flexibility index (Phi) is 4.05. The Morgan fingerprint density at radius 1 is 1.11 bits per heavy atom. The Hall–Kier alpha value is -1.61. The van der Waals surface area contributed by atoms with Gasteiger partial charge in [-0.2, -0.15) is 0 Å². The van der Waals surface area contributed by atoms with Crippen molar-refractivity contribution >= 4 is 11.6 Å². The van der Waals surface area contributed by atoms with Crippen molar-refractivity contribution in [3.63, 3.8) is 0 Å². The van der Waals surface area contributed by atoms with Crippen molar-refractivity contribution in [2.75, 3.05) is 7.11 Å². The van der Waals surface area contributed by atoms with Gasteiger partial charge in [0.15, 0.2) is 0 Å². The summed E-state index contributed by atoms with van der Waals surface area (Å²) in [5.41, 5.74) is 1.33. The van der Waals surface area contributed by atoms with E-state index in [4.69, 9.17) is 16.3 Å². The summed E-state index contributed by atoms with van der Waals surface area (Å²) >= 11 is 6.24. The topological polar surface area (TPSA) is 9.23 Å². The predicted molar refractivity (Wildman–Crippen MR) is 71.8 cm³/mol. The second-order valence-corrected chi connectivity index (χ2v) is 4.68. The van der Waals surface area contributed by atoms with Crippen molar-refractivity contribution < 1.29 is 13.5 Å². The van der Waals surface area contributed by atoms with Gasteiger partial charge in [0.05, 0.1) is 12.5 Å². The number of hydrogen-bond acceptors (Lipinski definition) is 1. The lowest BCUT2D eigenvalue weighted by atomic mass is 10.0. The summed E-state index contributed by atoms with van der Waals surface area (Å²) in [5, 5.41) is -0.934. The summed E-state index contributed by atoms with van der Waals surface area (Å²) in [6.07, 6.45) is 0. The zero-order valence-electron chi connectivity index (χ0n) is 10.6. The van der Waals surface area contributed by atoms with Crippen molar-refractivity contribution in [2.24, 2.45) is 0 Å². The van der Waals surface area contributed by atoms with Crippen LogP contribution in [-0.4, -0.2) is 7.11 Å². The fourth-order valence-electron chi connectivity index (χ4n) is 1.96. The molecule has 0 aliphatic heterocycles. The van der Waals surface area contributed by atoms with Crippen LogP contribution in [0, 0.1) is 18.6 Å². The largest absolute Gasteiger partial charge is 0.496 e. The van der Waals surface area contributed by atoms with Gasteiger partial charge in [0.25, 0.3) is 0 Å². The Balaban J connectivity index is 2.55. The summed E-state index contributed by atoms with van der Waals surface area (Å²) < 4.78 is 32.7. The van der Waals surface area contributed by atoms with Crippen LogP contribution in [0.5, 0.6) is 5.75 Å². The average Bonchev–Trinajstić information content (AvgIpc) is 2.38. The fraction of sp³-hybridized carbons (Fsp3) is 0.200. The van der Waals surface area contributed by atoms with Gasteiger partial charge < -0.3 is 4.74 Å². The van der Waals surface area contributed by atoms with Crippen molar-refractivity contribution in [2.45, 2.75) is 12.3 Å². The number of benzene rings is 2. The molecule has 19 heavy (non-hydrogen) atoms. The third kappa shape index (κ3) is 2.71. The first-order chi connectivity index (χ1) is 9.04. The minimum atomic E-state index is -0.934. The van der Waals surface area contributed by atoms with Gasteiger partial charge in [0.2, 0.25) is 0 Å². The normalized spacial score (nSPS) is 12.3. The number of halogens is 3. The van der Waals surface area contributed by atoms with E-state index in [1.807, 2.05) is 13.0 Å². The highest BCUT2D eigenvalue weighted by Crippen LogP contribution is 2.37. The highest BCUT2D eigenvalue weighted by molar-refractivity contribution is 6.22. The van der Waals surface area contributed by atoms with Gasteiger partial charge in [-0.05, 0) is 25.1 Å². The maximum absolute atomic E-state index is 13.8. The van der Waals surface area contributed by atoms with Gasteiger partial charge in [-0.1, -0.05) is 23.8 Å². The summed E-state index contributed by atoms with van der Waals surface area (Å²) in [7, 11) is 1.50. The lowest BCUT2D eigenvalue weighted by Crippen LogP contribution is -2.03. The van der Waals surface area contributed by atoms with Gasteiger partial charge in [-0.25, -0.2) is 8.78 Å². The minimum absolute atomic E-state index is 0.159. The second-order valence-electron chi connectivity index (χ2n) is 4.24. The molecule has 0 amide bonds. The molecule has 2 aromatic carbocycles. The van der Waals surface area contributed by atoms with E-state index in [0.717, 1.165) is 5.56 Å². The lowest BCUT2D eigenvalue weighted by Gasteiger charge is -2.16. The second kappa shape index (κ2) is 5.57. The Morgan fingerprint density at radius 3 is 2.32 bits per heavy atom. The van der Waals surface area contributed by atoms with Gasteiger partial charge in [-0.3, -0.25) is 0 Å². The zero-order chi connectivity index (χ0) is 14.0. The molecule has 0 aliphatic rings. The number of methoxy groups -OCH3 is 1. The molecule has 0 saturated carbocycles. The number of rotatable bonds is 3. The summed E-state index contributed by atoms with van der Waals surface area (Å²) in [6.45, 7) is 1.88. The van der Waals surface area contributed by atoms with E-state index in [0.29, 0.717) is 11.3 Å². The summed E-state index contributed by atoms with van der Waals surface area (Å²) in [5.74, 6) is -0.819. The predicted octanol–water partition coefficient (Wildman–Crippen LogP) is 4.61. The number of alkyl halides is 1. The third-order valence-electron chi connectivity index (χ3n) is 2.91. The van der Waals surface area contributed by atoms with Crippen molar-refractivity contribution in [1.29, 1.82) is 0 Å². The molecule has 0 saturated heterocycles. The number of ether oxygens (including phenoxy) is 1. The van der Waals surface area contributed by atoms with Crippen molar-refractivity contribution in [3.05, 3.63) is 64.7 Å². The first kappa shape index (κ1) is 13.8. The lowest BCUT2D eigenvalue weighted by molar-refractivity contribution is 0.409. The molecule has 0 aliphatic carbocycles. The molecule has 0 heterocycles. The quantitative estimate of drug-likeness (QED) is 0.747. The summed E-state index contributed by atoms with van der Waals surface area (Å²) in [6, 6.07) is 9.04. The average molecular weight is 283 g/mol. The van der Waals surface area contributed by atoms with Crippen LogP contribution in [0.15, 0.2) is 36.4 Å². The van der Waals surface area contributed by atoms with Crippen LogP contribution >= 0.6 is 11.6 Å². The summed E-state index contributed by atoms with van der Waals surface area (Å²) in [4.78, 5) is 0. The molecule has 0 radical (unpaired) electrons. The Bertz CT molecular complexity index is 578. The van der Waals surface area contributed by atoms with E-state index in [1.54, 1.807) is 12.1 Å². The molecule has 1 nitrogen and oxygen atoms in total. The van der Waals surface area contributed by atoms with E-state index in [1.165, 1.54) is 25.3 Å². The van der Waals surface area contributed by atoms with Crippen LogP contribution in [0.4, 0.5) is 8.78 Å². The highest BCUT2D eigenvalue weighted by atomic mass is 35.5. The molecule has 2 aromatic rings. The molecule has 0 N–H and O–H groups in total. The molecule has 0 fully saturated rings. The van der Waals surface area contributed by atoms with Crippen LogP contribution in [-0.2, 0) is 0 Å². The first-order valence-corrected chi connectivity index (χ1v) is 6.20. The minimum Gasteiger partial charge on any atom is -0.496 e. The van der Waals surface area contributed by atoms with E-state index in [-0.39, 0.29) is 5.56 Å². The Morgan fingerprint density at radius 2 is 1.74 bits per heavy atom. The van der Waals surface area contributed by atoms with Crippen LogP contribution in [0.25, 0.3) is 0 Å². The van der Waals surface area contributed by atoms with Crippen molar-refractivity contribution in [3.8, 4) is 5.75 Å². The van der Waals surface area contributed by atoms with Crippen LogP contribution in [0.2, 0.25) is 0 Å². The highest BCUT2D eigenvalue weighted by Gasteiger charge is 2.22. The van der Waals surface area contributed by atoms with Crippen molar-refractivity contribution in [1.82, 2.24) is 0 Å². The molecule has 100 valence electrons. The monoisotopic (exact) mass is 282 g/mol. The molecule has 4 heteroatoms. The van der Waals surface area contributed by atoms with E-state index in [9.17, 15) is 8.78 Å². The third-order valence-corrected chi connectivity index (χ3v) is 3.36. The molecule has 1 unspecified atom stereocenters. The van der Waals surface area contributed by atoms with E-state index in [2.05, 4.69) is 0 Å². The Labute approximate surface area is 115 Å². The molecular weight excluding hydrogens is 270 g/mol. The maximum atomic E-state index is 13.8. The van der Waals surface area contributed by atoms with E-state index >= 15 is 0 Å². The molecule has 2 rings (SSSR count). The van der Waals surface area contributed by atoms with Crippen LogP contribution in [0.3, 0.4) is 0 Å². The number of hydrogen-bond donors (Lipinski definition) is 0. The molecule has 1 atom stereocenters. The van der Waals surface area contributed by atoms with Crippen LogP contribution < -0.4 is 4.74 Å². The van der Waals surface area contributed by atoms with Gasteiger partial charge in [0, 0.05) is 11.1 Å². The molecule has 0 bridgehead atoms. The standard InChI is InChI=1S/C15H13ClF2O/c1-9-6-7-13(19-2)10(8-9)15(16)14-11(17)4-3-5-12(14)18/h3-8,15H,1-2H3. The molecular formula is C15H13ClF2O.